The molecule has 2 aromatic heterocycles. The Labute approximate surface area is 222 Å². The zero-order valence-corrected chi connectivity index (χ0v) is 23.3. The summed E-state index contributed by atoms with van der Waals surface area (Å²) in [6.07, 6.45) is 2.11. The Bertz CT molecular complexity index is 1890. The monoisotopic (exact) mass is 594 g/mol. The van der Waals surface area contributed by atoms with E-state index in [1.807, 2.05) is 0 Å². The van der Waals surface area contributed by atoms with E-state index >= 15 is 0 Å². The van der Waals surface area contributed by atoms with Gasteiger partial charge in [-0.1, -0.05) is 0 Å². The number of hydrogen-bond acceptors (Lipinski definition) is 1. The normalized spacial score (nSPS) is 13.6. The first-order chi connectivity index (χ1) is 17.7. The molecule has 0 spiro atoms. The molecule has 0 atom stereocenters. The van der Waals surface area contributed by atoms with Crippen molar-refractivity contribution >= 4 is 92.8 Å². The zero-order valence-electron chi connectivity index (χ0n) is 19.9. The molecule has 0 bridgehead atoms. The molecule has 36 heavy (non-hydrogen) atoms. The third-order valence-corrected chi connectivity index (χ3v) is 12.6. The number of pyridine rings is 1. The molecule has 6 aromatic rings. The van der Waals surface area contributed by atoms with Gasteiger partial charge in [0.1, 0.15) is 0 Å². The average Bonchev–Trinajstić information content (AvgIpc) is 3.28. The van der Waals surface area contributed by atoms with Gasteiger partial charge in [0.05, 0.1) is 0 Å². The summed E-state index contributed by atoms with van der Waals surface area (Å²) in [5, 5.41) is 2.44. The molecule has 5 heteroatoms. The summed E-state index contributed by atoms with van der Waals surface area (Å²) in [7, 11) is 2.11. The van der Waals surface area contributed by atoms with E-state index in [2.05, 4.69) is 110 Å². The maximum absolute atomic E-state index is 6.92. The van der Waals surface area contributed by atoms with Crippen molar-refractivity contribution in [1.29, 1.82) is 0 Å². The summed E-state index contributed by atoms with van der Waals surface area (Å²) in [6.45, 7) is 2.49. The molecule has 0 saturated carbocycles. The Balaban J connectivity index is 1.45. The van der Waals surface area contributed by atoms with Gasteiger partial charge in [-0.15, -0.1) is 0 Å². The minimum atomic E-state index is 0.208. The van der Waals surface area contributed by atoms with Crippen molar-refractivity contribution in [3.63, 3.8) is 0 Å². The number of nitrogens with zero attached hydrogens (tertiary/aromatic N) is 1. The van der Waals surface area contributed by atoms with Gasteiger partial charge in [0.2, 0.25) is 0 Å². The molecule has 2 aliphatic heterocycles. The average molecular weight is 592 g/mol. The molecule has 4 aromatic carbocycles. The van der Waals surface area contributed by atoms with Crippen molar-refractivity contribution < 1.29 is 8.98 Å². The van der Waals surface area contributed by atoms with Crippen LogP contribution in [0.3, 0.4) is 0 Å². The van der Waals surface area contributed by atoms with Gasteiger partial charge in [0.25, 0.3) is 0 Å². The summed E-state index contributed by atoms with van der Waals surface area (Å²) in [4.78, 5) is 0. The summed E-state index contributed by atoms with van der Waals surface area (Å²) in [6, 6.07) is 31.6. The molecule has 0 fully saturated rings. The Kier molecular flexibility index (Phi) is 4.51. The van der Waals surface area contributed by atoms with Crippen molar-refractivity contribution in [3.8, 4) is 11.3 Å². The van der Waals surface area contributed by atoms with Crippen LogP contribution in [0.15, 0.2) is 95.5 Å². The van der Waals surface area contributed by atoms with E-state index in [4.69, 9.17) is 4.42 Å². The predicted molar refractivity (Wildman–Crippen MR) is 153 cm³/mol. The van der Waals surface area contributed by atoms with Crippen LogP contribution in [0.5, 0.6) is 0 Å². The number of benzene rings is 4. The zero-order chi connectivity index (χ0) is 24.0. The quantitative estimate of drug-likeness (QED) is 0.204. The minimum absolute atomic E-state index is 0.208. The van der Waals surface area contributed by atoms with E-state index in [9.17, 15) is 0 Å². The fraction of sp³-hybridized carbons (Fsp3) is 0.0645. The number of aryl methyl sites for hydroxylation is 2. The molecule has 8 rings (SSSR count). The van der Waals surface area contributed by atoms with Crippen molar-refractivity contribution in [3.05, 3.63) is 96.7 Å². The van der Waals surface area contributed by atoms with Gasteiger partial charge < -0.3 is 0 Å². The van der Waals surface area contributed by atoms with Gasteiger partial charge in [0.15, 0.2) is 0 Å². The van der Waals surface area contributed by atoms with Crippen LogP contribution in [-0.2, 0) is 7.05 Å². The van der Waals surface area contributed by atoms with Crippen molar-refractivity contribution in [1.82, 2.24) is 0 Å². The van der Waals surface area contributed by atoms with E-state index in [-0.39, 0.29) is 15.0 Å². The van der Waals surface area contributed by atoms with Gasteiger partial charge in [-0.05, 0) is 0 Å². The molecular formula is C31H21BNOSe2+. The van der Waals surface area contributed by atoms with Crippen LogP contribution < -0.4 is 38.8 Å². The Morgan fingerprint density at radius 2 is 1.44 bits per heavy atom. The molecule has 2 aliphatic rings. The van der Waals surface area contributed by atoms with Crippen LogP contribution in [0.4, 0.5) is 0 Å². The molecule has 0 unspecified atom stereocenters. The first-order valence-corrected chi connectivity index (χ1v) is 15.6. The number of fused-ring (bicyclic) bond motifs is 8. The Morgan fingerprint density at radius 3 is 2.33 bits per heavy atom. The second-order valence-electron chi connectivity index (χ2n) is 9.64. The molecule has 0 amide bonds. The van der Waals surface area contributed by atoms with Crippen LogP contribution in [0.1, 0.15) is 5.56 Å². The molecule has 0 radical (unpaired) electrons. The standard InChI is InChI=1S/C31H21BNOSe2/c1-18-13-14-19-20-15-16-22-31(30(20)34-29(19)27(18)23-9-5-6-17-33(23)2)36-26-12-7-11-25-28(26)32(22)21-8-3-4-10-24(21)35-25/h3-17H,1-2H3/q+1. The molecular weight excluding hydrogens is 571 g/mol. The molecule has 0 N–H and O–H groups in total. The van der Waals surface area contributed by atoms with Gasteiger partial charge in [-0.3, -0.25) is 0 Å². The molecule has 0 aliphatic carbocycles. The van der Waals surface area contributed by atoms with Gasteiger partial charge in [-0.25, -0.2) is 0 Å². The van der Waals surface area contributed by atoms with Gasteiger partial charge in [-0.2, -0.15) is 0 Å². The first kappa shape index (κ1) is 21.1. The second-order valence-corrected chi connectivity index (χ2v) is 14.1. The van der Waals surface area contributed by atoms with E-state index in [0.29, 0.717) is 21.7 Å². The molecule has 0 saturated heterocycles. The topological polar surface area (TPSA) is 17.0 Å². The molecule has 2 nitrogen and oxygen atoms in total. The Hall–Kier alpha value is -3.07. The number of hydrogen-bond donors (Lipinski definition) is 0. The van der Waals surface area contributed by atoms with E-state index < -0.39 is 0 Å². The third-order valence-electron chi connectivity index (χ3n) is 7.60. The number of rotatable bonds is 1. The van der Waals surface area contributed by atoms with Crippen molar-refractivity contribution in [2.45, 2.75) is 6.92 Å². The molecule has 170 valence electrons. The van der Waals surface area contributed by atoms with Crippen LogP contribution in [0.2, 0.25) is 0 Å². The fourth-order valence-electron chi connectivity index (χ4n) is 5.93. The maximum atomic E-state index is 6.92. The van der Waals surface area contributed by atoms with Crippen LogP contribution in [0, 0.1) is 6.92 Å². The van der Waals surface area contributed by atoms with Crippen LogP contribution in [0.25, 0.3) is 33.2 Å². The predicted octanol–water partition coefficient (Wildman–Crippen LogP) is 0.839. The van der Waals surface area contributed by atoms with Gasteiger partial charge >= 0.3 is 224 Å². The third kappa shape index (κ3) is 2.83. The van der Waals surface area contributed by atoms with E-state index in [0.717, 1.165) is 11.2 Å². The van der Waals surface area contributed by atoms with E-state index in [1.54, 1.807) is 9.92 Å². The first-order valence-electron chi connectivity index (χ1n) is 12.2. The Morgan fingerprint density at radius 1 is 0.694 bits per heavy atom. The summed E-state index contributed by atoms with van der Waals surface area (Å²) in [5.41, 5.74) is 10.2. The summed E-state index contributed by atoms with van der Waals surface area (Å²) < 4.78 is 15.1. The van der Waals surface area contributed by atoms with Gasteiger partial charge in [0, 0.05) is 0 Å². The number of furan rings is 1. The SMILES string of the molecule is Cc1ccc2c(oc3c4c(ccc32)B2c3ccccc3[Se]c3cccc(c32)[Se]4)c1-c1cccc[n+]1C. The molecule has 4 heterocycles. The number of aromatic nitrogens is 1. The summed E-state index contributed by atoms with van der Waals surface area (Å²) in [5.74, 6) is 0. The summed E-state index contributed by atoms with van der Waals surface area (Å²) >= 11 is 0.576. The van der Waals surface area contributed by atoms with Crippen molar-refractivity contribution in [2.24, 2.45) is 7.05 Å². The fourth-order valence-corrected chi connectivity index (χ4v) is 11.3. The van der Waals surface area contributed by atoms with E-state index in [1.165, 1.54) is 51.9 Å². The second kappa shape index (κ2) is 7.72. The van der Waals surface area contributed by atoms with Crippen LogP contribution >= 0.6 is 0 Å². The van der Waals surface area contributed by atoms with Crippen molar-refractivity contribution in [2.75, 3.05) is 0 Å². The van der Waals surface area contributed by atoms with Crippen LogP contribution in [-0.4, -0.2) is 36.6 Å².